The van der Waals surface area contributed by atoms with Crippen LogP contribution in [-0.2, 0) is 9.47 Å². The summed E-state index contributed by atoms with van der Waals surface area (Å²) in [6.07, 6.45) is 0.722. The zero-order valence-electron chi connectivity index (χ0n) is 15.7. The molecule has 7 heteroatoms. The van der Waals surface area contributed by atoms with E-state index in [-0.39, 0.29) is 5.91 Å². The third-order valence-electron chi connectivity index (χ3n) is 4.37. The molecule has 3 rings (SSSR count). The Balaban J connectivity index is 1.84. The topological polar surface area (TPSA) is 67.9 Å². The number of carbonyl (C=O) groups is 2. The van der Waals surface area contributed by atoms with Gasteiger partial charge in [0.1, 0.15) is 5.82 Å². The number of nitrogens with zero attached hydrogens (tertiary/aromatic N) is 1. The zero-order chi connectivity index (χ0) is 19.9. The van der Waals surface area contributed by atoms with Crippen LogP contribution in [0.4, 0.5) is 15.8 Å². The number of esters is 1. The summed E-state index contributed by atoms with van der Waals surface area (Å²) in [4.78, 5) is 27.0. The lowest BCUT2D eigenvalue weighted by atomic mass is 10.1. The van der Waals surface area contributed by atoms with Gasteiger partial charge in [0.2, 0.25) is 0 Å². The summed E-state index contributed by atoms with van der Waals surface area (Å²) in [5.41, 5.74) is 1.94. The monoisotopic (exact) mass is 386 g/mol. The van der Waals surface area contributed by atoms with Crippen LogP contribution in [0.25, 0.3) is 0 Å². The second kappa shape index (κ2) is 9.32. The summed E-state index contributed by atoms with van der Waals surface area (Å²) in [5, 5.41) is 2.75. The molecule has 0 unspecified atom stereocenters. The van der Waals surface area contributed by atoms with Crippen molar-refractivity contribution in [2.75, 3.05) is 43.1 Å². The van der Waals surface area contributed by atoms with Gasteiger partial charge in [0.25, 0.3) is 5.91 Å². The predicted octanol–water partition coefficient (Wildman–Crippen LogP) is 3.48. The third kappa shape index (κ3) is 4.86. The summed E-state index contributed by atoms with van der Waals surface area (Å²) < 4.78 is 23.7. The molecule has 0 saturated carbocycles. The Kier molecular flexibility index (Phi) is 6.60. The molecule has 1 heterocycles. The summed E-state index contributed by atoms with van der Waals surface area (Å²) in [5.74, 6) is -1.22. The van der Waals surface area contributed by atoms with E-state index in [0.717, 1.165) is 12.1 Å². The van der Waals surface area contributed by atoms with Crippen LogP contribution in [0.5, 0.6) is 0 Å². The van der Waals surface area contributed by atoms with Crippen LogP contribution >= 0.6 is 0 Å². The van der Waals surface area contributed by atoms with E-state index in [1.165, 1.54) is 24.3 Å². The average molecular weight is 386 g/mol. The van der Waals surface area contributed by atoms with Gasteiger partial charge in [-0.1, -0.05) is 6.92 Å². The first kappa shape index (κ1) is 19.8. The van der Waals surface area contributed by atoms with E-state index < -0.39 is 11.8 Å². The molecule has 0 radical (unpaired) electrons. The summed E-state index contributed by atoms with van der Waals surface area (Å²) in [6, 6.07) is 10.4. The number of morpholine rings is 1. The van der Waals surface area contributed by atoms with Crippen molar-refractivity contribution < 1.29 is 23.5 Å². The second-order valence-electron chi connectivity index (χ2n) is 6.43. The van der Waals surface area contributed by atoms with Crippen LogP contribution in [0, 0.1) is 5.82 Å². The SMILES string of the molecule is CCCOC(=O)c1cc(NC(=O)c2ccc(F)cc2)ccc1N1CCOCC1. The normalized spacial score (nSPS) is 13.9. The Morgan fingerprint density at radius 1 is 1.14 bits per heavy atom. The lowest BCUT2D eigenvalue weighted by molar-refractivity contribution is 0.0504. The molecule has 6 nitrogen and oxygen atoms in total. The van der Waals surface area contributed by atoms with E-state index in [9.17, 15) is 14.0 Å². The fraction of sp³-hybridized carbons (Fsp3) is 0.333. The lowest BCUT2D eigenvalue weighted by Gasteiger charge is -2.30. The molecule has 1 saturated heterocycles. The van der Waals surface area contributed by atoms with Crippen LogP contribution in [0.2, 0.25) is 0 Å². The molecule has 1 fully saturated rings. The van der Waals surface area contributed by atoms with Gasteiger partial charge < -0.3 is 19.7 Å². The first-order chi connectivity index (χ1) is 13.6. The van der Waals surface area contributed by atoms with E-state index in [4.69, 9.17) is 9.47 Å². The van der Waals surface area contributed by atoms with Crippen LogP contribution < -0.4 is 10.2 Å². The van der Waals surface area contributed by atoms with Gasteiger partial charge in [-0.15, -0.1) is 0 Å². The van der Waals surface area contributed by atoms with Crippen LogP contribution in [0.3, 0.4) is 0 Å². The van der Waals surface area contributed by atoms with E-state index in [0.29, 0.717) is 49.7 Å². The highest BCUT2D eigenvalue weighted by atomic mass is 19.1. The summed E-state index contributed by atoms with van der Waals surface area (Å²) >= 11 is 0. The second-order valence-corrected chi connectivity index (χ2v) is 6.43. The maximum Gasteiger partial charge on any atom is 0.340 e. The molecule has 2 aromatic rings. The van der Waals surface area contributed by atoms with Gasteiger partial charge in [0.15, 0.2) is 0 Å². The lowest BCUT2D eigenvalue weighted by Crippen LogP contribution is -2.37. The molecular weight excluding hydrogens is 363 g/mol. The first-order valence-electron chi connectivity index (χ1n) is 9.29. The molecule has 1 amide bonds. The summed E-state index contributed by atoms with van der Waals surface area (Å²) in [6.45, 7) is 4.78. The molecule has 1 aliphatic rings. The number of hydrogen-bond donors (Lipinski definition) is 1. The Hall–Kier alpha value is -2.93. The van der Waals surface area contributed by atoms with Crippen LogP contribution in [-0.4, -0.2) is 44.8 Å². The zero-order valence-corrected chi connectivity index (χ0v) is 15.7. The molecule has 148 valence electrons. The number of halogens is 1. The Morgan fingerprint density at radius 3 is 2.54 bits per heavy atom. The fourth-order valence-electron chi connectivity index (χ4n) is 2.93. The van der Waals surface area contributed by atoms with Gasteiger partial charge in [0, 0.05) is 24.3 Å². The fourth-order valence-corrected chi connectivity index (χ4v) is 2.93. The quantitative estimate of drug-likeness (QED) is 0.770. The number of nitrogens with one attached hydrogen (secondary N) is 1. The Bertz CT molecular complexity index is 833. The number of ether oxygens (including phenoxy) is 2. The number of amides is 1. The molecule has 0 bridgehead atoms. The van der Waals surface area contributed by atoms with Crippen LogP contribution in [0.1, 0.15) is 34.1 Å². The van der Waals surface area contributed by atoms with Gasteiger partial charge in [-0.25, -0.2) is 9.18 Å². The van der Waals surface area contributed by atoms with E-state index in [1.54, 1.807) is 18.2 Å². The number of carbonyl (C=O) groups excluding carboxylic acids is 2. The van der Waals surface area contributed by atoms with Crippen molar-refractivity contribution in [3.63, 3.8) is 0 Å². The van der Waals surface area contributed by atoms with Crippen molar-refractivity contribution in [3.8, 4) is 0 Å². The molecule has 1 aliphatic heterocycles. The molecule has 0 atom stereocenters. The summed E-state index contributed by atoms with van der Waals surface area (Å²) in [7, 11) is 0. The van der Waals surface area contributed by atoms with Crippen molar-refractivity contribution in [3.05, 3.63) is 59.4 Å². The largest absolute Gasteiger partial charge is 0.462 e. The van der Waals surface area contributed by atoms with Gasteiger partial charge in [0.05, 0.1) is 31.1 Å². The first-order valence-corrected chi connectivity index (χ1v) is 9.29. The van der Waals surface area contributed by atoms with Crippen LogP contribution in [0.15, 0.2) is 42.5 Å². The Morgan fingerprint density at radius 2 is 1.86 bits per heavy atom. The smallest absolute Gasteiger partial charge is 0.340 e. The minimum atomic E-state index is -0.429. The number of hydrogen-bond acceptors (Lipinski definition) is 5. The minimum absolute atomic E-state index is 0.327. The van der Waals surface area contributed by atoms with Crippen molar-refractivity contribution >= 4 is 23.3 Å². The Labute approximate surface area is 163 Å². The maximum atomic E-state index is 13.0. The van der Waals surface area contributed by atoms with Gasteiger partial charge in [-0.2, -0.15) is 0 Å². The number of anilines is 2. The van der Waals surface area contributed by atoms with E-state index >= 15 is 0 Å². The molecule has 28 heavy (non-hydrogen) atoms. The van der Waals surface area contributed by atoms with Gasteiger partial charge in [-0.3, -0.25) is 4.79 Å². The molecule has 0 spiro atoms. The molecule has 0 aromatic heterocycles. The molecule has 2 aromatic carbocycles. The number of rotatable bonds is 6. The van der Waals surface area contributed by atoms with Crippen molar-refractivity contribution in [1.29, 1.82) is 0 Å². The maximum absolute atomic E-state index is 13.0. The van der Waals surface area contributed by atoms with E-state index in [1.807, 2.05) is 6.92 Å². The molecular formula is C21H23FN2O4. The van der Waals surface area contributed by atoms with E-state index in [2.05, 4.69) is 10.2 Å². The molecule has 1 N–H and O–H groups in total. The minimum Gasteiger partial charge on any atom is -0.462 e. The highest BCUT2D eigenvalue weighted by Crippen LogP contribution is 2.26. The van der Waals surface area contributed by atoms with Gasteiger partial charge >= 0.3 is 5.97 Å². The highest BCUT2D eigenvalue weighted by molar-refractivity contribution is 6.05. The standard InChI is InChI=1S/C21H23FN2O4/c1-2-11-28-21(26)18-14-17(7-8-19(18)24-9-12-27-13-10-24)23-20(25)15-3-5-16(22)6-4-15/h3-8,14H,2,9-13H2,1H3,(H,23,25). The van der Waals surface area contributed by atoms with Crippen molar-refractivity contribution in [1.82, 2.24) is 0 Å². The van der Waals surface area contributed by atoms with Crippen molar-refractivity contribution in [2.45, 2.75) is 13.3 Å². The highest BCUT2D eigenvalue weighted by Gasteiger charge is 2.21. The third-order valence-corrected chi connectivity index (χ3v) is 4.37. The van der Waals surface area contributed by atoms with Crippen molar-refractivity contribution in [2.24, 2.45) is 0 Å². The predicted molar refractivity (Wildman–Crippen MR) is 104 cm³/mol. The average Bonchev–Trinajstić information content (AvgIpc) is 2.73. The van der Waals surface area contributed by atoms with Gasteiger partial charge in [-0.05, 0) is 48.9 Å². The molecule has 0 aliphatic carbocycles. The number of benzene rings is 2.